The first-order chi connectivity index (χ1) is 22.0. The van der Waals surface area contributed by atoms with Gasteiger partial charge in [0.05, 0.1) is 24.5 Å². The minimum Gasteiger partial charge on any atom is -0.439 e. The zero-order valence-corrected chi connectivity index (χ0v) is 25.3. The van der Waals surface area contributed by atoms with Gasteiger partial charge in [0.2, 0.25) is 15.9 Å². The van der Waals surface area contributed by atoms with Crippen LogP contribution < -0.4 is 30.3 Å². The summed E-state index contributed by atoms with van der Waals surface area (Å²) < 4.78 is 78.3. The number of nitrogens with one attached hydrogen (secondary N) is 4. The van der Waals surface area contributed by atoms with Gasteiger partial charge in [-0.25, -0.2) is 27.9 Å². The van der Waals surface area contributed by atoms with Gasteiger partial charge in [0.25, 0.3) is 0 Å². The molecule has 4 aromatic rings. The molecule has 5 rings (SSSR count). The van der Waals surface area contributed by atoms with Crippen molar-refractivity contribution in [2.45, 2.75) is 11.9 Å². The van der Waals surface area contributed by atoms with E-state index in [0.717, 1.165) is 6.07 Å². The van der Waals surface area contributed by atoms with E-state index in [0.29, 0.717) is 54.8 Å². The standard InChI is InChI=1S/C30H30F3N7O5S/c1-34-46(42,43)18-20-2-4-21(5-3-20)37-27-17-28(36-19-35-27)45-24-9-6-22(7-10-24)38-29(41)39-23-8-11-26(25(16-23)30(31,32)33)40-12-14-44-15-13-40/h2-11,16-17,19,34H,12-15,18H2,1H3,(H,35,36,37)(H2,38,39,41). The average Bonchev–Trinajstić information content (AvgIpc) is 3.03. The molecule has 1 fully saturated rings. The lowest BCUT2D eigenvalue weighted by atomic mass is 10.1. The number of hydrogen-bond acceptors (Lipinski definition) is 9. The third kappa shape index (κ3) is 8.83. The van der Waals surface area contributed by atoms with E-state index in [1.807, 2.05) is 0 Å². The molecule has 0 bridgehead atoms. The molecule has 0 atom stereocenters. The lowest BCUT2D eigenvalue weighted by Gasteiger charge is -2.31. The minimum atomic E-state index is -4.61. The summed E-state index contributed by atoms with van der Waals surface area (Å²) in [6.45, 7) is 1.36. The summed E-state index contributed by atoms with van der Waals surface area (Å²) in [4.78, 5) is 22.5. The molecule has 0 unspecified atom stereocenters. The lowest BCUT2D eigenvalue weighted by molar-refractivity contribution is -0.137. The van der Waals surface area contributed by atoms with Gasteiger partial charge in [-0.15, -0.1) is 0 Å². The number of benzene rings is 3. The summed E-state index contributed by atoms with van der Waals surface area (Å²) in [7, 11) is -2.02. The largest absolute Gasteiger partial charge is 0.439 e. The van der Waals surface area contributed by atoms with Crippen molar-refractivity contribution in [3.8, 4) is 11.6 Å². The number of morpholine rings is 1. The normalized spacial score (nSPS) is 13.6. The number of rotatable bonds is 10. The first kappa shape index (κ1) is 32.5. The SMILES string of the molecule is CNS(=O)(=O)Cc1ccc(Nc2cc(Oc3ccc(NC(=O)Nc4ccc(N5CCOCC5)c(C(F)(F)F)c4)cc3)ncn2)cc1. The van der Waals surface area contributed by atoms with Crippen LogP contribution in [0.3, 0.4) is 0 Å². The number of carbonyl (C=O) groups excluding carboxylic acids is 1. The van der Waals surface area contributed by atoms with Crippen molar-refractivity contribution in [3.05, 3.63) is 90.3 Å². The van der Waals surface area contributed by atoms with Crippen LogP contribution in [-0.4, -0.2) is 57.8 Å². The number of aromatic nitrogens is 2. The molecule has 16 heteroatoms. The van der Waals surface area contributed by atoms with Gasteiger partial charge in [-0.05, 0) is 67.2 Å². The van der Waals surface area contributed by atoms with Gasteiger partial charge in [-0.1, -0.05) is 12.1 Å². The number of hydrogen-bond donors (Lipinski definition) is 4. The number of urea groups is 1. The van der Waals surface area contributed by atoms with Crippen LogP contribution in [0.1, 0.15) is 11.1 Å². The van der Waals surface area contributed by atoms with Crippen LogP contribution in [0.2, 0.25) is 0 Å². The van der Waals surface area contributed by atoms with Crippen molar-refractivity contribution in [1.82, 2.24) is 14.7 Å². The average molecular weight is 658 g/mol. The second kappa shape index (κ2) is 14.0. The van der Waals surface area contributed by atoms with Crippen LogP contribution >= 0.6 is 0 Å². The van der Waals surface area contributed by atoms with Crippen LogP contribution in [0.25, 0.3) is 0 Å². The maximum absolute atomic E-state index is 13.8. The lowest BCUT2D eigenvalue weighted by Crippen LogP contribution is -2.37. The Kier molecular flexibility index (Phi) is 9.89. The fourth-order valence-corrected chi connectivity index (χ4v) is 5.30. The van der Waals surface area contributed by atoms with Crippen molar-refractivity contribution < 1.29 is 35.9 Å². The molecule has 4 N–H and O–H groups in total. The third-order valence-electron chi connectivity index (χ3n) is 6.78. The van der Waals surface area contributed by atoms with E-state index >= 15 is 0 Å². The van der Waals surface area contributed by atoms with E-state index in [-0.39, 0.29) is 23.0 Å². The van der Waals surface area contributed by atoms with Gasteiger partial charge in [0.15, 0.2) is 0 Å². The molecule has 46 heavy (non-hydrogen) atoms. The van der Waals surface area contributed by atoms with Gasteiger partial charge >= 0.3 is 12.2 Å². The van der Waals surface area contributed by atoms with E-state index in [2.05, 4.69) is 30.6 Å². The number of ether oxygens (including phenoxy) is 2. The monoisotopic (exact) mass is 657 g/mol. The van der Waals surface area contributed by atoms with Gasteiger partial charge in [0, 0.05) is 41.9 Å². The van der Waals surface area contributed by atoms with Gasteiger partial charge in [-0.3, -0.25) is 0 Å². The molecule has 242 valence electrons. The van der Waals surface area contributed by atoms with Crippen LogP contribution in [0, 0.1) is 0 Å². The summed E-state index contributed by atoms with van der Waals surface area (Å²) in [5, 5.41) is 8.13. The quantitative estimate of drug-likeness (QED) is 0.172. The third-order valence-corrected chi connectivity index (χ3v) is 8.12. The van der Waals surface area contributed by atoms with E-state index in [1.54, 1.807) is 59.5 Å². The maximum Gasteiger partial charge on any atom is 0.418 e. The second-order valence-corrected chi connectivity index (χ2v) is 12.0. The highest BCUT2D eigenvalue weighted by atomic mass is 32.2. The number of alkyl halides is 3. The Labute approximate surface area is 263 Å². The molecule has 1 aromatic heterocycles. The second-order valence-electron chi connectivity index (χ2n) is 10.1. The van der Waals surface area contributed by atoms with Crippen LogP contribution in [0.4, 0.5) is 46.5 Å². The topological polar surface area (TPSA) is 147 Å². The predicted molar refractivity (Wildman–Crippen MR) is 167 cm³/mol. The van der Waals surface area contributed by atoms with Crippen molar-refractivity contribution in [2.75, 3.05) is 54.2 Å². The van der Waals surface area contributed by atoms with E-state index < -0.39 is 27.8 Å². The van der Waals surface area contributed by atoms with Crippen LogP contribution in [0.15, 0.2) is 79.1 Å². The Balaban J connectivity index is 1.17. The molecule has 2 amide bonds. The smallest absolute Gasteiger partial charge is 0.418 e. The highest BCUT2D eigenvalue weighted by molar-refractivity contribution is 7.88. The summed E-state index contributed by atoms with van der Waals surface area (Å²) in [5.74, 6) is 0.927. The summed E-state index contributed by atoms with van der Waals surface area (Å²) in [6, 6.07) is 17.7. The maximum atomic E-state index is 13.8. The van der Waals surface area contributed by atoms with Crippen molar-refractivity contribution in [2.24, 2.45) is 0 Å². The van der Waals surface area contributed by atoms with Gasteiger partial charge in [0.1, 0.15) is 17.9 Å². The summed E-state index contributed by atoms with van der Waals surface area (Å²) >= 11 is 0. The predicted octanol–water partition coefficient (Wildman–Crippen LogP) is 5.56. The van der Waals surface area contributed by atoms with E-state index in [4.69, 9.17) is 9.47 Å². The van der Waals surface area contributed by atoms with Crippen molar-refractivity contribution in [3.63, 3.8) is 0 Å². The van der Waals surface area contributed by atoms with E-state index in [1.165, 1.54) is 25.5 Å². The molecular weight excluding hydrogens is 627 g/mol. The highest BCUT2D eigenvalue weighted by Crippen LogP contribution is 2.38. The Morgan fingerprint density at radius 2 is 1.57 bits per heavy atom. The number of nitrogens with zero attached hydrogens (tertiary/aromatic N) is 3. The first-order valence-corrected chi connectivity index (χ1v) is 15.6. The first-order valence-electron chi connectivity index (χ1n) is 14.0. The Morgan fingerprint density at radius 3 is 2.24 bits per heavy atom. The number of sulfonamides is 1. The Hall–Kier alpha value is -4.93. The summed E-state index contributed by atoms with van der Waals surface area (Å²) in [6.07, 6.45) is -3.30. The zero-order valence-electron chi connectivity index (χ0n) is 24.5. The fourth-order valence-electron chi connectivity index (χ4n) is 4.53. The van der Waals surface area contributed by atoms with Crippen LogP contribution in [0.5, 0.6) is 11.6 Å². The number of carbonyl (C=O) groups is 1. The molecule has 1 aliphatic rings. The van der Waals surface area contributed by atoms with Gasteiger partial charge < -0.3 is 30.3 Å². The molecule has 0 spiro atoms. The number of halogens is 3. The van der Waals surface area contributed by atoms with Gasteiger partial charge in [-0.2, -0.15) is 13.2 Å². The van der Waals surface area contributed by atoms with E-state index in [9.17, 15) is 26.4 Å². The number of amides is 2. The summed E-state index contributed by atoms with van der Waals surface area (Å²) in [5.41, 5.74) is 0.863. The molecule has 2 heterocycles. The molecule has 12 nitrogen and oxygen atoms in total. The fraction of sp³-hybridized carbons (Fsp3) is 0.233. The molecular formula is C30H30F3N7O5S. The Bertz CT molecular complexity index is 1770. The zero-order chi connectivity index (χ0) is 32.7. The van der Waals surface area contributed by atoms with Crippen LogP contribution in [-0.2, 0) is 26.7 Å². The number of anilines is 5. The molecule has 0 aliphatic carbocycles. The Morgan fingerprint density at radius 1 is 0.913 bits per heavy atom. The highest BCUT2D eigenvalue weighted by Gasteiger charge is 2.35. The minimum absolute atomic E-state index is 0.00681. The molecule has 1 saturated heterocycles. The van der Waals surface area contributed by atoms with Crippen molar-refractivity contribution >= 4 is 44.6 Å². The molecule has 3 aromatic carbocycles. The molecule has 0 saturated carbocycles. The molecule has 1 aliphatic heterocycles. The molecule has 0 radical (unpaired) electrons. The van der Waals surface area contributed by atoms with Crippen molar-refractivity contribution in [1.29, 1.82) is 0 Å².